The molecule has 4 aliphatic carbocycles. The van der Waals surface area contributed by atoms with E-state index in [2.05, 4.69) is 36.1 Å². The first-order chi connectivity index (χ1) is 19.6. The summed E-state index contributed by atoms with van der Waals surface area (Å²) in [5.41, 5.74) is 4.70. The van der Waals surface area contributed by atoms with Crippen molar-refractivity contribution >= 4 is 33.3 Å². The van der Waals surface area contributed by atoms with Gasteiger partial charge in [0.25, 0.3) is 10.1 Å². The highest BCUT2D eigenvalue weighted by molar-refractivity contribution is 7.85. The molecule has 0 aliphatic heterocycles. The van der Waals surface area contributed by atoms with Gasteiger partial charge >= 0.3 is 5.97 Å². The highest BCUT2D eigenvalue weighted by atomic mass is 32.2. The molecule has 1 aromatic carbocycles. The number of methoxy groups -OCH3 is 1. The van der Waals surface area contributed by atoms with Gasteiger partial charge in [0.2, 0.25) is 5.78 Å². The molecule has 1 N–H and O–H groups in total. The number of allylic oxidation sites excluding steroid dienone is 4. The number of hydrogen-bond acceptors (Lipinski definition) is 8. The van der Waals surface area contributed by atoms with Crippen LogP contribution in [0.1, 0.15) is 70.3 Å². The quantitative estimate of drug-likeness (QED) is 0.365. The van der Waals surface area contributed by atoms with Gasteiger partial charge in [0.1, 0.15) is 6.61 Å². The molecule has 1 aromatic rings. The third-order valence-corrected chi connectivity index (χ3v) is 9.71. The maximum atomic E-state index is 13.7. The zero-order chi connectivity index (χ0) is 31.0. The Bertz CT molecular complexity index is 1400. The zero-order valence-corrected chi connectivity index (χ0v) is 26.3. The van der Waals surface area contributed by atoms with E-state index in [0.29, 0.717) is 25.0 Å². The minimum absolute atomic E-state index is 0.0641. The van der Waals surface area contributed by atoms with Crippen molar-refractivity contribution in [2.45, 2.75) is 70.3 Å². The molecule has 0 amide bonds. The summed E-state index contributed by atoms with van der Waals surface area (Å²) in [5.74, 6) is 0.301. The van der Waals surface area contributed by atoms with E-state index in [0.717, 1.165) is 37.8 Å². The van der Waals surface area contributed by atoms with Crippen molar-refractivity contribution in [1.29, 1.82) is 0 Å². The molecule has 5 atom stereocenters. The van der Waals surface area contributed by atoms with Crippen LogP contribution in [0.4, 0.5) is 5.69 Å². The SMILES string of the molecule is COCC(=O)[C@@]1(OC(C)=O)CC[C@H]2[C@@H]3CCC4=CC(=O)CCC4=C3[C@@H](c3ccc(N(C)C)cc3)C[C@@]21C.CS(=O)(=O)O. The minimum Gasteiger partial charge on any atom is -0.451 e. The molecule has 0 heterocycles. The van der Waals surface area contributed by atoms with Gasteiger partial charge in [0.05, 0.1) is 6.26 Å². The summed E-state index contributed by atoms with van der Waals surface area (Å²) in [6, 6.07) is 8.72. The maximum absolute atomic E-state index is 13.7. The molecule has 9 nitrogen and oxygen atoms in total. The standard InChI is InChI=1S/C31H39NO5.CH4O3S/c1-19(33)37-31(28(35)18-36-5)15-14-27-25-12-8-21-16-23(34)11-13-24(21)29(25)26(17-30(27,31)2)20-6-9-22(10-7-20)32(3)4;1-5(2,3)4/h6-7,9-10,16,25-27H,8,11-15,17-18H2,1-5H3;1H3,(H,2,3,4)/t25-,26+,27-,30-,31-;/m0./s1. The number of carbonyl (C=O) groups excluding carboxylic acids is 3. The third-order valence-electron chi connectivity index (χ3n) is 9.71. The normalized spacial score (nSPS) is 30.2. The molecule has 0 spiro atoms. The fraction of sp³-hybridized carbons (Fsp3) is 0.594. The van der Waals surface area contributed by atoms with E-state index in [1.165, 1.54) is 36.3 Å². The van der Waals surface area contributed by atoms with Crippen molar-refractivity contribution in [1.82, 2.24) is 0 Å². The summed E-state index contributed by atoms with van der Waals surface area (Å²) < 4.78 is 37.2. The van der Waals surface area contributed by atoms with Crippen LogP contribution in [0.15, 0.2) is 47.1 Å². The predicted molar refractivity (Wildman–Crippen MR) is 160 cm³/mol. The molecular formula is C32H43NO8S. The van der Waals surface area contributed by atoms with Gasteiger partial charge in [-0.1, -0.05) is 24.6 Å². The number of Topliss-reactive ketones (excluding diaryl/α,β-unsaturated/α-hetero) is 1. The van der Waals surface area contributed by atoms with Crippen LogP contribution >= 0.6 is 0 Å². The summed E-state index contributed by atoms with van der Waals surface area (Å²) in [6.45, 7) is 3.52. The number of anilines is 1. The summed E-state index contributed by atoms with van der Waals surface area (Å²) in [7, 11) is 1.92. The number of carbonyl (C=O) groups is 3. The predicted octanol–water partition coefficient (Wildman–Crippen LogP) is 4.67. The van der Waals surface area contributed by atoms with Crippen LogP contribution in [-0.4, -0.2) is 70.2 Å². The average molecular weight is 602 g/mol. The monoisotopic (exact) mass is 601 g/mol. The number of rotatable bonds is 6. The Hall–Kier alpha value is -2.82. The molecule has 2 fully saturated rings. The van der Waals surface area contributed by atoms with Crippen LogP contribution in [0.5, 0.6) is 0 Å². The number of ketones is 2. The molecule has 0 unspecified atom stereocenters. The Morgan fingerprint density at radius 1 is 1.10 bits per heavy atom. The Kier molecular flexibility index (Phi) is 9.21. The van der Waals surface area contributed by atoms with Crippen LogP contribution in [-0.2, 0) is 34.0 Å². The highest BCUT2D eigenvalue weighted by Crippen LogP contribution is 2.67. The molecule has 10 heteroatoms. The van der Waals surface area contributed by atoms with Crippen molar-refractivity contribution in [2.24, 2.45) is 17.3 Å². The van der Waals surface area contributed by atoms with Gasteiger partial charge in [-0.15, -0.1) is 0 Å². The molecule has 42 heavy (non-hydrogen) atoms. The zero-order valence-electron chi connectivity index (χ0n) is 25.4. The van der Waals surface area contributed by atoms with Crippen molar-refractivity contribution in [2.75, 3.05) is 39.0 Å². The summed E-state index contributed by atoms with van der Waals surface area (Å²) >= 11 is 0. The molecule has 0 saturated heterocycles. The number of ether oxygens (including phenoxy) is 2. The third kappa shape index (κ3) is 6.12. The van der Waals surface area contributed by atoms with E-state index in [9.17, 15) is 22.8 Å². The first-order valence-corrected chi connectivity index (χ1v) is 16.3. The van der Waals surface area contributed by atoms with E-state index in [4.69, 9.17) is 14.0 Å². The van der Waals surface area contributed by atoms with Gasteiger partial charge in [0, 0.05) is 51.6 Å². The number of esters is 1. The van der Waals surface area contributed by atoms with E-state index in [1.807, 2.05) is 20.2 Å². The number of hydrogen-bond donors (Lipinski definition) is 1. The summed E-state index contributed by atoms with van der Waals surface area (Å²) in [5, 5.41) is 0. The number of benzene rings is 1. The van der Waals surface area contributed by atoms with Crippen molar-refractivity contribution in [3.8, 4) is 0 Å². The van der Waals surface area contributed by atoms with Crippen LogP contribution in [0.25, 0.3) is 0 Å². The fourth-order valence-corrected chi connectivity index (χ4v) is 8.13. The van der Waals surface area contributed by atoms with E-state index in [1.54, 1.807) is 0 Å². The van der Waals surface area contributed by atoms with E-state index < -0.39 is 27.1 Å². The van der Waals surface area contributed by atoms with Gasteiger partial charge in [-0.05, 0) is 85.3 Å². The molecule has 5 rings (SSSR count). The Balaban J connectivity index is 0.000000748. The first kappa shape index (κ1) is 32.1. The lowest BCUT2D eigenvalue weighted by molar-refractivity contribution is -0.185. The average Bonchev–Trinajstić information content (AvgIpc) is 3.19. The maximum Gasteiger partial charge on any atom is 0.303 e. The second-order valence-corrected chi connectivity index (χ2v) is 14.0. The van der Waals surface area contributed by atoms with E-state index >= 15 is 0 Å². The molecule has 4 aliphatic rings. The molecule has 2 saturated carbocycles. The molecular weight excluding hydrogens is 558 g/mol. The van der Waals surface area contributed by atoms with Crippen LogP contribution in [0, 0.1) is 17.3 Å². The van der Waals surface area contributed by atoms with Gasteiger partial charge in [-0.3, -0.25) is 18.9 Å². The summed E-state index contributed by atoms with van der Waals surface area (Å²) in [6.07, 6.45) is 7.89. The lowest BCUT2D eigenvalue weighted by atomic mass is 9.50. The Labute approximate surface area is 249 Å². The van der Waals surface area contributed by atoms with Crippen LogP contribution in [0.3, 0.4) is 0 Å². The van der Waals surface area contributed by atoms with Gasteiger partial charge in [-0.2, -0.15) is 8.42 Å². The van der Waals surface area contributed by atoms with Crippen LogP contribution < -0.4 is 4.90 Å². The van der Waals surface area contributed by atoms with Crippen molar-refractivity contribution < 1.29 is 36.8 Å². The topological polar surface area (TPSA) is 127 Å². The fourth-order valence-electron chi connectivity index (χ4n) is 8.13. The smallest absolute Gasteiger partial charge is 0.303 e. The summed E-state index contributed by atoms with van der Waals surface area (Å²) in [4.78, 5) is 40.5. The molecule has 0 radical (unpaired) electrons. The van der Waals surface area contributed by atoms with Gasteiger partial charge < -0.3 is 14.4 Å². The lowest BCUT2D eigenvalue weighted by Crippen LogP contribution is -2.58. The van der Waals surface area contributed by atoms with Crippen LogP contribution in [0.2, 0.25) is 0 Å². The largest absolute Gasteiger partial charge is 0.451 e. The molecule has 230 valence electrons. The Morgan fingerprint density at radius 3 is 2.31 bits per heavy atom. The second kappa shape index (κ2) is 12.1. The van der Waals surface area contributed by atoms with Crippen molar-refractivity contribution in [3.05, 3.63) is 52.6 Å². The lowest BCUT2D eigenvalue weighted by Gasteiger charge is -2.55. The van der Waals surface area contributed by atoms with E-state index in [-0.39, 0.29) is 30.0 Å². The van der Waals surface area contributed by atoms with Crippen molar-refractivity contribution in [3.63, 3.8) is 0 Å². The second-order valence-electron chi connectivity index (χ2n) is 12.5. The minimum atomic E-state index is -3.67. The number of fused-ring (bicyclic) bond motifs is 4. The number of nitrogens with zero attached hydrogens (tertiary/aromatic N) is 1. The Morgan fingerprint density at radius 2 is 1.74 bits per heavy atom. The molecule has 0 bridgehead atoms. The molecule has 0 aromatic heterocycles. The highest BCUT2D eigenvalue weighted by Gasteiger charge is 2.68. The van der Waals surface area contributed by atoms with Gasteiger partial charge in [-0.25, -0.2) is 0 Å². The first-order valence-electron chi connectivity index (χ1n) is 14.5. The van der Waals surface area contributed by atoms with Gasteiger partial charge in [0.15, 0.2) is 11.4 Å².